The molecule has 4 rings (SSSR count). The van der Waals surface area contributed by atoms with Gasteiger partial charge in [0.25, 0.3) is 0 Å². The quantitative estimate of drug-likeness (QED) is 0.722. The predicted octanol–water partition coefficient (Wildman–Crippen LogP) is 5.93. The number of benzene rings is 2. The van der Waals surface area contributed by atoms with E-state index in [2.05, 4.69) is 0 Å². The molecule has 0 amide bonds. The molecule has 122 valence electrons. The monoisotopic (exact) mass is 358 g/mol. The number of ketones is 1. The Labute approximate surface area is 150 Å². The number of halogens is 2. The van der Waals surface area contributed by atoms with Crippen LogP contribution in [0.3, 0.4) is 0 Å². The molecule has 0 radical (unpaired) electrons. The third kappa shape index (κ3) is 2.54. The van der Waals surface area contributed by atoms with E-state index in [1.165, 1.54) is 0 Å². The first kappa shape index (κ1) is 15.7. The first-order valence-corrected chi connectivity index (χ1v) is 8.83. The second kappa shape index (κ2) is 5.94. The Hall–Kier alpha value is -1.77. The van der Waals surface area contributed by atoms with Crippen LogP contribution in [0.4, 0.5) is 0 Å². The van der Waals surface area contributed by atoms with Crippen LogP contribution in [-0.4, -0.2) is 10.9 Å². The molecular weight excluding hydrogens is 343 g/mol. The van der Waals surface area contributed by atoms with E-state index in [1.54, 1.807) is 6.07 Å². The molecule has 0 unspecified atom stereocenters. The van der Waals surface area contributed by atoms with Gasteiger partial charge in [0.2, 0.25) is 0 Å². The molecule has 2 aliphatic rings. The largest absolute Gasteiger partial charge is 0.511 e. The average molecular weight is 359 g/mol. The number of allylic oxidation sites excluding steroid dienone is 2. The summed E-state index contributed by atoms with van der Waals surface area (Å²) in [4.78, 5) is 12.7. The summed E-state index contributed by atoms with van der Waals surface area (Å²) in [5, 5.41) is 11.7. The van der Waals surface area contributed by atoms with Gasteiger partial charge in [-0.15, -0.1) is 0 Å². The lowest BCUT2D eigenvalue weighted by atomic mass is 9.83. The third-order valence-electron chi connectivity index (χ3n) is 5.11. The summed E-state index contributed by atoms with van der Waals surface area (Å²) in [6, 6.07) is 13.1. The van der Waals surface area contributed by atoms with Crippen LogP contribution in [-0.2, 0) is 4.79 Å². The fraction of sp³-hybridized carbons (Fsp3) is 0.250. The Morgan fingerprint density at radius 1 is 0.917 bits per heavy atom. The molecule has 2 nitrogen and oxygen atoms in total. The lowest BCUT2D eigenvalue weighted by Crippen LogP contribution is -2.21. The van der Waals surface area contributed by atoms with Crippen molar-refractivity contribution < 1.29 is 9.90 Å². The Balaban J connectivity index is 1.84. The van der Waals surface area contributed by atoms with Crippen molar-refractivity contribution in [2.45, 2.75) is 19.3 Å². The summed E-state index contributed by atoms with van der Waals surface area (Å²) >= 11 is 12.3. The van der Waals surface area contributed by atoms with Gasteiger partial charge in [0.05, 0.1) is 5.57 Å². The summed E-state index contributed by atoms with van der Waals surface area (Å²) in [5.41, 5.74) is 2.97. The fourth-order valence-electron chi connectivity index (χ4n) is 3.81. The van der Waals surface area contributed by atoms with Crippen LogP contribution in [0.25, 0.3) is 16.7 Å². The number of carbonyl (C=O) groups is 1. The van der Waals surface area contributed by atoms with Gasteiger partial charge in [0.1, 0.15) is 5.76 Å². The smallest absolute Gasteiger partial charge is 0.170 e. The summed E-state index contributed by atoms with van der Waals surface area (Å²) < 4.78 is 0. The molecule has 0 saturated heterocycles. The van der Waals surface area contributed by atoms with Crippen molar-refractivity contribution in [2.24, 2.45) is 11.8 Å². The molecule has 0 spiro atoms. The van der Waals surface area contributed by atoms with E-state index in [1.807, 2.05) is 36.4 Å². The van der Waals surface area contributed by atoms with Crippen molar-refractivity contribution in [3.8, 4) is 11.1 Å². The van der Waals surface area contributed by atoms with Crippen molar-refractivity contribution in [3.63, 3.8) is 0 Å². The molecule has 1 saturated carbocycles. The zero-order chi connectivity index (χ0) is 16.8. The number of hydrogen-bond acceptors (Lipinski definition) is 2. The second-order valence-corrected chi connectivity index (χ2v) is 7.38. The summed E-state index contributed by atoms with van der Waals surface area (Å²) in [6.07, 6.45) is 2.49. The topological polar surface area (TPSA) is 37.3 Å². The molecule has 0 aromatic heterocycles. The lowest BCUT2D eigenvalue weighted by molar-refractivity contribution is -0.117. The molecule has 0 heterocycles. The van der Waals surface area contributed by atoms with Crippen molar-refractivity contribution in [1.82, 2.24) is 0 Å². The van der Waals surface area contributed by atoms with Crippen molar-refractivity contribution >= 4 is 34.6 Å². The highest BCUT2D eigenvalue weighted by atomic mass is 35.5. The highest BCUT2D eigenvalue weighted by Crippen LogP contribution is 2.46. The van der Waals surface area contributed by atoms with Gasteiger partial charge in [0, 0.05) is 27.4 Å². The van der Waals surface area contributed by atoms with E-state index in [-0.39, 0.29) is 23.4 Å². The Morgan fingerprint density at radius 2 is 1.58 bits per heavy atom. The Bertz CT molecular complexity index is 852. The summed E-state index contributed by atoms with van der Waals surface area (Å²) in [7, 11) is 0. The van der Waals surface area contributed by atoms with E-state index < -0.39 is 0 Å². The number of carbonyl (C=O) groups excluding carboxylic acids is 1. The minimum Gasteiger partial charge on any atom is -0.511 e. The maximum absolute atomic E-state index is 12.7. The van der Waals surface area contributed by atoms with Crippen molar-refractivity contribution in [2.75, 3.05) is 0 Å². The van der Waals surface area contributed by atoms with Crippen molar-refractivity contribution in [3.05, 3.63) is 63.8 Å². The molecule has 2 aromatic rings. The van der Waals surface area contributed by atoms with E-state index >= 15 is 0 Å². The molecule has 2 bridgehead atoms. The van der Waals surface area contributed by atoms with Gasteiger partial charge in [0.15, 0.2) is 5.78 Å². The van der Waals surface area contributed by atoms with E-state index in [0.717, 1.165) is 30.4 Å². The van der Waals surface area contributed by atoms with Gasteiger partial charge < -0.3 is 5.11 Å². The highest BCUT2D eigenvalue weighted by molar-refractivity contribution is 6.35. The predicted molar refractivity (Wildman–Crippen MR) is 97.3 cm³/mol. The fourth-order valence-corrected chi connectivity index (χ4v) is 4.15. The van der Waals surface area contributed by atoms with Gasteiger partial charge in [-0.1, -0.05) is 41.4 Å². The molecular formula is C20H16Cl2O2. The number of Topliss-reactive ketones (excluding diaryl/α,β-unsaturated/α-hetero) is 1. The Morgan fingerprint density at radius 3 is 2.33 bits per heavy atom. The minimum atomic E-state index is 0.0242. The summed E-state index contributed by atoms with van der Waals surface area (Å²) in [6.45, 7) is 0. The number of aliphatic hydroxyl groups is 1. The average Bonchev–Trinajstić information content (AvgIpc) is 3.03. The van der Waals surface area contributed by atoms with Crippen LogP contribution in [0, 0.1) is 11.8 Å². The van der Waals surface area contributed by atoms with Crippen molar-refractivity contribution in [1.29, 1.82) is 0 Å². The molecule has 2 atom stereocenters. The van der Waals surface area contributed by atoms with E-state index in [0.29, 0.717) is 21.2 Å². The van der Waals surface area contributed by atoms with E-state index in [4.69, 9.17) is 23.2 Å². The number of rotatable bonds is 2. The number of fused-ring (bicyclic) bond motifs is 2. The maximum atomic E-state index is 12.7. The normalized spacial score (nSPS) is 23.0. The van der Waals surface area contributed by atoms with Crippen LogP contribution in [0.5, 0.6) is 0 Å². The SMILES string of the molecule is O=C1C(c2cc(-c3ccc(Cl)cc3)ccc2Cl)=C(O)[C@H]2CC[C@@H]1C2. The van der Waals surface area contributed by atoms with Crippen LogP contribution in [0.2, 0.25) is 10.0 Å². The minimum absolute atomic E-state index is 0.0242. The van der Waals surface area contributed by atoms with Gasteiger partial charge in [-0.25, -0.2) is 0 Å². The van der Waals surface area contributed by atoms with Crippen LogP contribution >= 0.6 is 23.2 Å². The molecule has 2 aliphatic carbocycles. The molecule has 4 heteroatoms. The second-order valence-electron chi connectivity index (χ2n) is 6.53. The number of aliphatic hydroxyl groups excluding tert-OH is 1. The van der Waals surface area contributed by atoms with Gasteiger partial charge in [-0.05, 0) is 54.7 Å². The third-order valence-corrected chi connectivity index (χ3v) is 5.69. The molecule has 1 N–H and O–H groups in total. The van der Waals surface area contributed by atoms with Gasteiger partial charge in [-0.3, -0.25) is 4.79 Å². The van der Waals surface area contributed by atoms with Crippen LogP contribution in [0.15, 0.2) is 48.2 Å². The zero-order valence-corrected chi connectivity index (χ0v) is 14.4. The maximum Gasteiger partial charge on any atom is 0.170 e. The number of hydrogen-bond donors (Lipinski definition) is 1. The van der Waals surface area contributed by atoms with Crippen LogP contribution < -0.4 is 0 Å². The molecule has 0 aliphatic heterocycles. The first-order valence-electron chi connectivity index (χ1n) is 8.08. The first-order chi connectivity index (χ1) is 11.5. The molecule has 1 fully saturated rings. The van der Waals surface area contributed by atoms with Crippen LogP contribution in [0.1, 0.15) is 24.8 Å². The van der Waals surface area contributed by atoms with Gasteiger partial charge in [-0.2, -0.15) is 0 Å². The molecule has 24 heavy (non-hydrogen) atoms. The molecule has 2 aromatic carbocycles. The standard InChI is InChI=1S/C20H16Cl2O2/c21-15-6-3-11(4-7-15)12-5-8-17(22)16(10-12)18-19(23)13-1-2-14(9-13)20(18)24/h3-8,10,13-14,23H,1-2,9H2/t13-,14+/m0/s1. The zero-order valence-electron chi connectivity index (χ0n) is 12.9. The van der Waals surface area contributed by atoms with Gasteiger partial charge >= 0.3 is 0 Å². The Kier molecular flexibility index (Phi) is 3.90. The lowest BCUT2D eigenvalue weighted by Gasteiger charge is -2.22. The summed E-state index contributed by atoms with van der Waals surface area (Å²) in [5.74, 6) is 0.356. The highest BCUT2D eigenvalue weighted by Gasteiger charge is 2.41. The van der Waals surface area contributed by atoms with E-state index in [9.17, 15) is 9.90 Å².